The van der Waals surface area contributed by atoms with E-state index in [-0.39, 0.29) is 23.0 Å². The minimum atomic E-state index is -0.784. The summed E-state index contributed by atoms with van der Waals surface area (Å²) in [6, 6.07) is 14.7. The van der Waals surface area contributed by atoms with Crippen molar-refractivity contribution in [2.75, 3.05) is 0 Å². The van der Waals surface area contributed by atoms with E-state index in [1.807, 2.05) is 18.2 Å². The molecule has 0 aliphatic rings. The topological polar surface area (TPSA) is 86.2 Å². The van der Waals surface area contributed by atoms with Gasteiger partial charge in [0.2, 0.25) is 11.7 Å². The van der Waals surface area contributed by atoms with Crippen LogP contribution in [-0.2, 0) is 0 Å². The maximum absolute atomic E-state index is 11.6. The molecule has 1 heterocycles. The van der Waals surface area contributed by atoms with Crippen LogP contribution in [0.25, 0.3) is 22.7 Å². The lowest BCUT2D eigenvalue weighted by Gasteiger charge is -1.97. The van der Waals surface area contributed by atoms with Gasteiger partial charge in [-0.15, -0.1) is 0 Å². The number of benzene rings is 2. The van der Waals surface area contributed by atoms with Gasteiger partial charge in [-0.25, -0.2) is 4.98 Å². The summed E-state index contributed by atoms with van der Waals surface area (Å²) in [5.41, 5.74) is 1.39. The molecule has 114 valence electrons. The summed E-state index contributed by atoms with van der Waals surface area (Å²) in [6.45, 7) is 0. The predicted molar refractivity (Wildman–Crippen MR) is 84.2 cm³/mol. The second kappa shape index (κ2) is 6.02. The molecule has 0 aliphatic carbocycles. The van der Waals surface area contributed by atoms with Crippen molar-refractivity contribution >= 4 is 22.5 Å². The second-order valence-electron chi connectivity index (χ2n) is 4.64. The van der Waals surface area contributed by atoms with E-state index in [2.05, 4.69) is 4.98 Å². The van der Waals surface area contributed by atoms with Gasteiger partial charge >= 0.3 is 0 Å². The summed E-state index contributed by atoms with van der Waals surface area (Å²) in [5.74, 6) is 0.155. The smallest absolute Gasteiger partial charge is 0.290 e. The highest BCUT2D eigenvalue weighted by Crippen LogP contribution is 2.30. The van der Waals surface area contributed by atoms with Crippen LogP contribution in [0.15, 0.2) is 59.0 Å². The monoisotopic (exact) mass is 328 g/mol. The molecule has 6 nitrogen and oxygen atoms in total. The highest BCUT2D eigenvalue weighted by atomic mass is 35.5. The molecular weight excluding hydrogens is 320 g/mol. The van der Waals surface area contributed by atoms with Crippen molar-refractivity contribution in [3.8, 4) is 22.7 Å². The number of hydrogen-bond acceptors (Lipinski definition) is 5. The SMILES string of the molecule is O=C(Cl)c1oc(-c2ccccc2)nc1-c1ccc([N+](=O)[O-])cc1. The Hall–Kier alpha value is -2.99. The predicted octanol–water partition coefficient (Wildman–Crippen LogP) is 4.30. The summed E-state index contributed by atoms with van der Waals surface area (Å²) in [4.78, 5) is 26.1. The summed E-state index contributed by atoms with van der Waals surface area (Å²) >= 11 is 5.56. The van der Waals surface area contributed by atoms with Crippen LogP contribution in [0.2, 0.25) is 0 Å². The third-order valence-electron chi connectivity index (χ3n) is 3.18. The fourth-order valence-corrected chi connectivity index (χ4v) is 2.22. The highest BCUT2D eigenvalue weighted by Gasteiger charge is 2.21. The molecule has 0 N–H and O–H groups in total. The van der Waals surface area contributed by atoms with Crippen molar-refractivity contribution in [3.05, 3.63) is 70.5 Å². The molecule has 3 aromatic rings. The lowest BCUT2D eigenvalue weighted by molar-refractivity contribution is -0.384. The number of non-ortho nitro benzene ring substituents is 1. The van der Waals surface area contributed by atoms with E-state index < -0.39 is 10.2 Å². The number of aromatic nitrogens is 1. The molecule has 0 fully saturated rings. The zero-order chi connectivity index (χ0) is 16.4. The molecular formula is C16H9ClN2O4. The Labute approximate surface area is 135 Å². The lowest BCUT2D eigenvalue weighted by Crippen LogP contribution is -1.91. The molecule has 0 bridgehead atoms. The standard InChI is InChI=1S/C16H9ClN2O4/c17-15(20)14-13(10-6-8-12(9-7-10)19(21)22)18-16(23-14)11-4-2-1-3-5-11/h1-9H. The lowest BCUT2D eigenvalue weighted by atomic mass is 10.1. The number of nitrogens with zero attached hydrogens (tertiary/aromatic N) is 2. The molecule has 0 aliphatic heterocycles. The first-order valence-electron chi connectivity index (χ1n) is 6.57. The van der Waals surface area contributed by atoms with Gasteiger partial charge in [-0.2, -0.15) is 0 Å². The Balaban J connectivity index is 2.09. The first-order valence-corrected chi connectivity index (χ1v) is 6.95. The van der Waals surface area contributed by atoms with Crippen molar-refractivity contribution in [1.82, 2.24) is 4.98 Å². The Kier molecular flexibility index (Phi) is 3.91. The van der Waals surface area contributed by atoms with E-state index in [9.17, 15) is 14.9 Å². The van der Waals surface area contributed by atoms with Crippen LogP contribution in [0.5, 0.6) is 0 Å². The first kappa shape index (κ1) is 14.9. The summed E-state index contributed by atoms with van der Waals surface area (Å²) in [5, 5.41) is 9.92. The number of carbonyl (C=O) groups excluding carboxylic acids is 1. The number of nitro benzene ring substituents is 1. The van der Waals surface area contributed by atoms with Crippen LogP contribution in [0.4, 0.5) is 5.69 Å². The Morgan fingerprint density at radius 3 is 2.26 bits per heavy atom. The normalized spacial score (nSPS) is 10.5. The highest BCUT2D eigenvalue weighted by molar-refractivity contribution is 6.67. The fraction of sp³-hybridized carbons (Fsp3) is 0. The van der Waals surface area contributed by atoms with E-state index in [4.69, 9.17) is 16.0 Å². The van der Waals surface area contributed by atoms with Gasteiger partial charge in [-0.1, -0.05) is 18.2 Å². The van der Waals surface area contributed by atoms with Gasteiger partial charge in [0.15, 0.2) is 0 Å². The average molecular weight is 329 g/mol. The van der Waals surface area contributed by atoms with Gasteiger partial charge in [0.1, 0.15) is 5.69 Å². The van der Waals surface area contributed by atoms with Gasteiger partial charge in [0.25, 0.3) is 10.9 Å². The van der Waals surface area contributed by atoms with Crippen LogP contribution >= 0.6 is 11.6 Å². The molecule has 0 saturated carbocycles. The number of hydrogen-bond donors (Lipinski definition) is 0. The molecule has 3 rings (SSSR count). The largest absolute Gasteiger partial charge is 0.431 e. The Morgan fingerprint density at radius 1 is 1.04 bits per heavy atom. The molecule has 23 heavy (non-hydrogen) atoms. The van der Waals surface area contributed by atoms with E-state index in [1.54, 1.807) is 12.1 Å². The molecule has 2 aromatic carbocycles. The molecule has 0 unspecified atom stereocenters. The Bertz CT molecular complexity index is 873. The first-order chi connectivity index (χ1) is 11.1. The third-order valence-corrected chi connectivity index (χ3v) is 3.35. The number of rotatable bonds is 4. The van der Waals surface area contributed by atoms with Crippen molar-refractivity contribution in [3.63, 3.8) is 0 Å². The van der Waals surface area contributed by atoms with Crippen LogP contribution in [-0.4, -0.2) is 15.1 Å². The minimum Gasteiger partial charge on any atom is -0.431 e. The van der Waals surface area contributed by atoms with Crippen LogP contribution in [0, 0.1) is 10.1 Å². The fourth-order valence-electron chi connectivity index (χ4n) is 2.09. The van der Waals surface area contributed by atoms with Gasteiger partial charge in [-0.3, -0.25) is 14.9 Å². The molecule has 0 saturated heterocycles. The van der Waals surface area contributed by atoms with Gasteiger partial charge < -0.3 is 4.42 Å². The van der Waals surface area contributed by atoms with Crippen LogP contribution in [0.1, 0.15) is 10.6 Å². The van der Waals surface area contributed by atoms with Crippen molar-refractivity contribution in [2.45, 2.75) is 0 Å². The maximum Gasteiger partial charge on any atom is 0.290 e. The molecule has 1 aromatic heterocycles. The summed E-state index contributed by atoms with van der Waals surface area (Å²) in [6.07, 6.45) is 0. The van der Waals surface area contributed by atoms with Crippen LogP contribution < -0.4 is 0 Å². The molecule has 0 amide bonds. The Morgan fingerprint density at radius 2 is 1.70 bits per heavy atom. The number of oxazole rings is 1. The van der Waals surface area contributed by atoms with E-state index >= 15 is 0 Å². The molecule has 0 spiro atoms. The van der Waals surface area contributed by atoms with Crippen molar-refractivity contribution in [2.24, 2.45) is 0 Å². The molecule has 0 radical (unpaired) electrons. The van der Waals surface area contributed by atoms with Crippen LogP contribution in [0.3, 0.4) is 0 Å². The van der Waals surface area contributed by atoms with E-state index in [0.717, 1.165) is 0 Å². The van der Waals surface area contributed by atoms with Crippen molar-refractivity contribution in [1.29, 1.82) is 0 Å². The second-order valence-corrected chi connectivity index (χ2v) is 4.98. The number of nitro groups is 1. The van der Waals surface area contributed by atoms with Gasteiger partial charge in [-0.05, 0) is 35.9 Å². The number of halogens is 1. The minimum absolute atomic E-state index is 0.0562. The summed E-state index contributed by atoms with van der Waals surface area (Å²) < 4.78 is 5.47. The third kappa shape index (κ3) is 2.97. The van der Waals surface area contributed by atoms with Gasteiger partial charge in [0.05, 0.1) is 4.92 Å². The zero-order valence-electron chi connectivity index (χ0n) is 11.6. The average Bonchev–Trinajstić information content (AvgIpc) is 3.01. The van der Waals surface area contributed by atoms with E-state index in [1.165, 1.54) is 24.3 Å². The van der Waals surface area contributed by atoms with Gasteiger partial charge in [0, 0.05) is 23.3 Å². The summed E-state index contributed by atoms with van der Waals surface area (Å²) in [7, 11) is 0. The number of carbonyl (C=O) groups is 1. The quantitative estimate of drug-likeness (QED) is 0.405. The maximum atomic E-state index is 11.6. The zero-order valence-corrected chi connectivity index (χ0v) is 12.4. The van der Waals surface area contributed by atoms with Crippen molar-refractivity contribution < 1.29 is 14.1 Å². The molecule has 0 atom stereocenters. The van der Waals surface area contributed by atoms with E-state index in [0.29, 0.717) is 11.1 Å². The molecule has 7 heteroatoms.